The molecule has 0 bridgehead atoms. The standard InChI is InChI=1S/C16H19N5O.2ClH/c17-15(22)12-3-1-11(2-4-12)13-9-19-16(20-10-13)21-14-5-7-18-8-6-14;;/h1-4,9-10,14,18H,5-8H2,(H2,17,22)(H,19,20,21);2*1H. The zero-order valence-corrected chi connectivity index (χ0v) is 14.7. The van der Waals surface area contributed by atoms with Crippen molar-refractivity contribution in [2.75, 3.05) is 18.4 Å². The fraction of sp³-hybridized carbons (Fsp3) is 0.312. The molecule has 24 heavy (non-hydrogen) atoms. The van der Waals surface area contributed by atoms with Crippen LogP contribution in [0.4, 0.5) is 5.95 Å². The topological polar surface area (TPSA) is 92.9 Å². The summed E-state index contributed by atoms with van der Waals surface area (Å²) in [6.45, 7) is 2.06. The lowest BCUT2D eigenvalue weighted by atomic mass is 10.1. The predicted molar refractivity (Wildman–Crippen MR) is 100.0 cm³/mol. The number of nitrogens with zero attached hydrogens (tertiary/aromatic N) is 2. The number of anilines is 1. The number of hydrogen-bond donors (Lipinski definition) is 3. The molecule has 0 atom stereocenters. The molecule has 1 fully saturated rings. The largest absolute Gasteiger partial charge is 0.366 e. The zero-order valence-electron chi connectivity index (χ0n) is 13.1. The molecule has 1 aromatic carbocycles. The minimum absolute atomic E-state index is 0. The smallest absolute Gasteiger partial charge is 0.248 e. The third-order valence-electron chi connectivity index (χ3n) is 3.83. The van der Waals surface area contributed by atoms with Gasteiger partial charge < -0.3 is 16.4 Å². The lowest BCUT2D eigenvalue weighted by Crippen LogP contribution is -2.35. The summed E-state index contributed by atoms with van der Waals surface area (Å²) >= 11 is 0. The molecule has 4 N–H and O–H groups in total. The molecular weight excluding hydrogens is 349 g/mol. The molecule has 8 heteroatoms. The Balaban J connectivity index is 0.00000144. The van der Waals surface area contributed by atoms with Crippen LogP contribution in [0.5, 0.6) is 0 Å². The fourth-order valence-corrected chi connectivity index (χ4v) is 2.53. The Kier molecular flexibility index (Phi) is 7.91. The van der Waals surface area contributed by atoms with Crippen LogP contribution in [-0.4, -0.2) is 35.0 Å². The number of carbonyl (C=O) groups is 1. The number of benzene rings is 1. The Morgan fingerprint density at radius 1 is 1.04 bits per heavy atom. The molecule has 1 amide bonds. The Bertz CT molecular complexity index is 643. The maximum Gasteiger partial charge on any atom is 0.248 e. The van der Waals surface area contributed by atoms with E-state index in [-0.39, 0.29) is 24.8 Å². The van der Waals surface area contributed by atoms with Gasteiger partial charge in [0.1, 0.15) is 0 Å². The van der Waals surface area contributed by atoms with Gasteiger partial charge in [0.05, 0.1) is 0 Å². The highest BCUT2D eigenvalue weighted by molar-refractivity contribution is 5.93. The molecule has 6 nitrogen and oxygen atoms in total. The number of halogens is 2. The number of rotatable bonds is 4. The third-order valence-corrected chi connectivity index (χ3v) is 3.83. The Morgan fingerprint density at radius 2 is 1.62 bits per heavy atom. The van der Waals surface area contributed by atoms with Crippen molar-refractivity contribution < 1.29 is 4.79 Å². The SMILES string of the molecule is Cl.Cl.NC(=O)c1ccc(-c2cnc(NC3CCNCC3)nc2)cc1. The van der Waals surface area contributed by atoms with Crippen LogP contribution in [0.25, 0.3) is 11.1 Å². The van der Waals surface area contributed by atoms with Gasteiger partial charge in [-0.3, -0.25) is 4.79 Å². The van der Waals surface area contributed by atoms with Crippen LogP contribution in [0.1, 0.15) is 23.2 Å². The second-order valence-corrected chi connectivity index (χ2v) is 5.41. The molecular formula is C16H21Cl2N5O. The fourth-order valence-electron chi connectivity index (χ4n) is 2.53. The van der Waals surface area contributed by atoms with Gasteiger partial charge in [0.15, 0.2) is 0 Å². The lowest BCUT2D eigenvalue weighted by Gasteiger charge is -2.23. The minimum Gasteiger partial charge on any atom is -0.366 e. The molecule has 2 heterocycles. The van der Waals surface area contributed by atoms with Gasteiger partial charge in [-0.1, -0.05) is 12.1 Å². The van der Waals surface area contributed by atoms with Crippen molar-refractivity contribution in [3.8, 4) is 11.1 Å². The highest BCUT2D eigenvalue weighted by atomic mass is 35.5. The van der Waals surface area contributed by atoms with Gasteiger partial charge in [-0.25, -0.2) is 9.97 Å². The number of piperidine rings is 1. The summed E-state index contributed by atoms with van der Waals surface area (Å²) in [7, 11) is 0. The molecule has 1 aliphatic heterocycles. The van der Waals surface area contributed by atoms with E-state index in [9.17, 15) is 4.79 Å². The van der Waals surface area contributed by atoms with E-state index in [2.05, 4.69) is 20.6 Å². The maximum absolute atomic E-state index is 11.1. The summed E-state index contributed by atoms with van der Waals surface area (Å²) in [4.78, 5) is 19.8. The molecule has 130 valence electrons. The van der Waals surface area contributed by atoms with Crippen LogP contribution in [0.15, 0.2) is 36.7 Å². The summed E-state index contributed by atoms with van der Waals surface area (Å²) in [5, 5.41) is 6.69. The van der Waals surface area contributed by atoms with Crippen LogP contribution in [-0.2, 0) is 0 Å². The van der Waals surface area contributed by atoms with Crippen LogP contribution >= 0.6 is 24.8 Å². The van der Waals surface area contributed by atoms with Gasteiger partial charge in [0, 0.05) is 29.6 Å². The van der Waals surface area contributed by atoms with Crippen molar-refractivity contribution >= 4 is 36.7 Å². The van der Waals surface area contributed by atoms with Gasteiger partial charge in [0.25, 0.3) is 0 Å². The van der Waals surface area contributed by atoms with E-state index in [1.165, 1.54) is 0 Å². The van der Waals surface area contributed by atoms with E-state index in [1.54, 1.807) is 24.5 Å². The minimum atomic E-state index is -0.427. The van der Waals surface area contributed by atoms with E-state index in [1.807, 2.05) is 12.1 Å². The number of nitrogens with one attached hydrogen (secondary N) is 2. The molecule has 3 rings (SSSR count). The van der Waals surface area contributed by atoms with Crippen molar-refractivity contribution in [3.05, 3.63) is 42.2 Å². The summed E-state index contributed by atoms with van der Waals surface area (Å²) in [5.74, 6) is 0.230. The number of carbonyl (C=O) groups excluding carboxylic acids is 1. The first-order valence-corrected chi connectivity index (χ1v) is 7.42. The molecule has 1 aromatic heterocycles. The third kappa shape index (κ3) is 5.06. The van der Waals surface area contributed by atoms with Crippen LogP contribution in [0.2, 0.25) is 0 Å². The van der Waals surface area contributed by atoms with Crippen molar-refractivity contribution in [2.45, 2.75) is 18.9 Å². The zero-order chi connectivity index (χ0) is 15.4. The predicted octanol–water partition coefficient (Wildman–Crippen LogP) is 2.25. The molecule has 0 unspecified atom stereocenters. The molecule has 1 saturated heterocycles. The normalized spacial score (nSPS) is 14.2. The van der Waals surface area contributed by atoms with Crippen LogP contribution in [0.3, 0.4) is 0 Å². The van der Waals surface area contributed by atoms with E-state index in [0.717, 1.165) is 37.1 Å². The van der Waals surface area contributed by atoms with Crippen molar-refractivity contribution in [2.24, 2.45) is 5.73 Å². The highest BCUT2D eigenvalue weighted by Gasteiger charge is 2.13. The van der Waals surface area contributed by atoms with Gasteiger partial charge in [0.2, 0.25) is 11.9 Å². The van der Waals surface area contributed by atoms with E-state index < -0.39 is 5.91 Å². The average molecular weight is 370 g/mol. The van der Waals surface area contributed by atoms with E-state index in [0.29, 0.717) is 17.6 Å². The molecule has 2 aromatic rings. The number of primary amides is 1. The average Bonchev–Trinajstić information content (AvgIpc) is 2.57. The van der Waals surface area contributed by atoms with Crippen LogP contribution < -0.4 is 16.4 Å². The Morgan fingerprint density at radius 3 is 2.17 bits per heavy atom. The van der Waals surface area contributed by atoms with Gasteiger partial charge in [-0.05, 0) is 43.6 Å². The van der Waals surface area contributed by atoms with Crippen LogP contribution in [0, 0.1) is 0 Å². The summed E-state index contributed by atoms with van der Waals surface area (Å²) in [6, 6.07) is 7.54. The number of hydrogen-bond acceptors (Lipinski definition) is 5. The molecule has 0 aliphatic carbocycles. The molecule has 0 saturated carbocycles. The number of amides is 1. The van der Waals surface area contributed by atoms with Gasteiger partial charge in [-0.15, -0.1) is 24.8 Å². The Labute approximate surface area is 153 Å². The lowest BCUT2D eigenvalue weighted by molar-refractivity contribution is 0.100. The monoisotopic (exact) mass is 369 g/mol. The molecule has 1 aliphatic rings. The second-order valence-electron chi connectivity index (χ2n) is 5.41. The number of nitrogens with two attached hydrogens (primary N) is 1. The first kappa shape index (κ1) is 20.2. The van der Waals surface area contributed by atoms with Crippen molar-refractivity contribution in [3.63, 3.8) is 0 Å². The van der Waals surface area contributed by atoms with Gasteiger partial charge >= 0.3 is 0 Å². The molecule has 0 spiro atoms. The maximum atomic E-state index is 11.1. The summed E-state index contributed by atoms with van der Waals surface area (Å²) in [5.41, 5.74) is 7.60. The van der Waals surface area contributed by atoms with Gasteiger partial charge in [-0.2, -0.15) is 0 Å². The van der Waals surface area contributed by atoms with E-state index in [4.69, 9.17) is 5.73 Å². The first-order valence-electron chi connectivity index (χ1n) is 7.42. The molecule has 0 radical (unpaired) electrons. The quantitative estimate of drug-likeness (QED) is 0.768. The second kappa shape index (κ2) is 9.42. The summed E-state index contributed by atoms with van der Waals surface area (Å²) in [6.07, 6.45) is 5.74. The Hall–Kier alpha value is -1.89. The van der Waals surface area contributed by atoms with E-state index >= 15 is 0 Å². The number of aromatic nitrogens is 2. The highest BCUT2D eigenvalue weighted by Crippen LogP contribution is 2.19. The first-order chi connectivity index (χ1) is 10.7. The van der Waals surface area contributed by atoms with Crippen molar-refractivity contribution in [1.29, 1.82) is 0 Å². The summed E-state index contributed by atoms with van der Waals surface area (Å²) < 4.78 is 0. The van der Waals surface area contributed by atoms with Crippen molar-refractivity contribution in [1.82, 2.24) is 15.3 Å².